The highest BCUT2D eigenvalue weighted by molar-refractivity contribution is 5.91. The number of aromatic nitrogens is 2. The van der Waals surface area contributed by atoms with Gasteiger partial charge in [-0.15, -0.1) is 0 Å². The lowest BCUT2D eigenvalue weighted by molar-refractivity contribution is 0.0597. The van der Waals surface area contributed by atoms with Crippen molar-refractivity contribution in [2.24, 2.45) is 0 Å². The van der Waals surface area contributed by atoms with Gasteiger partial charge in [-0.05, 0) is 36.8 Å². The second-order valence-electron chi connectivity index (χ2n) is 7.55. The van der Waals surface area contributed by atoms with Crippen LogP contribution in [-0.4, -0.2) is 65.2 Å². The number of carbonyl (C=O) groups excluding carboxylic acids is 1. The molecule has 164 valence electrons. The summed E-state index contributed by atoms with van der Waals surface area (Å²) in [4.78, 5) is 20.8. The molecule has 0 bridgehead atoms. The van der Waals surface area contributed by atoms with Crippen LogP contribution in [0.25, 0.3) is 0 Å². The van der Waals surface area contributed by atoms with Crippen molar-refractivity contribution in [3.63, 3.8) is 0 Å². The average Bonchev–Trinajstić information content (AvgIpc) is 3.46. The van der Waals surface area contributed by atoms with Crippen LogP contribution in [0.1, 0.15) is 21.9 Å². The van der Waals surface area contributed by atoms with Gasteiger partial charge in [0, 0.05) is 45.1 Å². The fraction of sp³-hybridized carbons (Fsp3) is 0.391. The number of hydrogen-bond acceptors (Lipinski definition) is 6. The molecule has 0 N–H and O–H groups in total. The first-order valence-electron chi connectivity index (χ1n) is 10.5. The van der Waals surface area contributed by atoms with E-state index in [1.807, 2.05) is 30.2 Å². The van der Waals surface area contributed by atoms with Crippen LogP contribution in [0.5, 0.6) is 11.5 Å². The van der Waals surface area contributed by atoms with Gasteiger partial charge in [0.25, 0.3) is 5.91 Å². The number of aryl methyl sites for hydroxylation is 1. The number of furan rings is 1. The summed E-state index contributed by atoms with van der Waals surface area (Å²) in [5, 5.41) is 0. The quantitative estimate of drug-likeness (QED) is 0.554. The van der Waals surface area contributed by atoms with Gasteiger partial charge in [0.1, 0.15) is 12.4 Å². The van der Waals surface area contributed by atoms with Crippen molar-refractivity contribution in [1.82, 2.24) is 19.4 Å². The van der Waals surface area contributed by atoms with E-state index in [1.165, 1.54) is 6.26 Å². The zero-order valence-electron chi connectivity index (χ0n) is 18.0. The first-order valence-corrected chi connectivity index (χ1v) is 10.5. The number of carbonyl (C=O) groups is 1. The van der Waals surface area contributed by atoms with Crippen molar-refractivity contribution in [3.05, 3.63) is 66.1 Å². The van der Waals surface area contributed by atoms with E-state index in [0.29, 0.717) is 25.5 Å². The van der Waals surface area contributed by atoms with Crippen LogP contribution in [0.15, 0.2) is 53.4 Å². The largest absolute Gasteiger partial charge is 0.493 e. The summed E-state index contributed by atoms with van der Waals surface area (Å²) >= 11 is 0. The molecule has 1 saturated heterocycles. The fourth-order valence-electron chi connectivity index (χ4n) is 3.75. The third-order valence-electron chi connectivity index (χ3n) is 5.54. The van der Waals surface area contributed by atoms with Crippen LogP contribution in [-0.2, 0) is 13.1 Å². The molecule has 0 saturated carbocycles. The standard InChI is InChI=1S/C23H28N4O4/c1-18-24-7-8-26(18)13-15-31-22-16-19(5-6-20(22)29-2)17-25-9-11-27(12-10-25)23(28)21-4-3-14-30-21/h3-8,14,16H,9-13,15,17H2,1-2H3. The molecular formula is C23H28N4O4. The van der Waals surface area contributed by atoms with Crippen LogP contribution >= 0.6 is 0 Å². The molecule has 1 aliphatic rings. The Morgan fingerprint density at radius 2 is 2.00 bits per heavy atom. The molecule has 0 unspecified atom stereocenters. The smallest absolute Gasteiger partial charge is 0.289 e. The van der Waals surface area contributed by atoms with Gasteiger partial charge in [-0.2, -0.15) is 0 Å². The number of benzene rings is 1. The molecular weight excluding hydrogens is 396 g/mol. The van der Waals surface area contributed by atoms with Crippen LogP contribution in [0.3, 0.4) is 0 Å². The minimum Gasteiger partial charge on any atom is -0.493 e. The highest BCUT2D eigenvalue weighted by atomic mass is 16.5. The number of rotatable bonds is 8. The number of methoxy groups -OCH3 is 1. The van der Waals surface area contributed by atoms with Gasteiger partial charge in [-0.25, -0.2) is 4.98 Å². The van der Waals surface area contributed by atoms with Crippen LogP contribution in [0, 0.1) is 6.92 Å². The van der Waals surface area contributed by atoms with E-state index in [2.05, 4.69) is 20.5 Å². The predicted octanol–water partition coefficient (Wildman–Crippen LogP) is 2.83. The van der Waals surface area contributed by atoms with Crippen molar-refractivity contribution in [3.8, 4) is 11.5 Å². The topological polar surface area (TPSA) is 73.0 Å². The molecule has 1 fully saturated rings. The minimum atomic E-state index is -0.0436. The summed E-state index contributed by atoms with van der Waals surface area (Å²) in [7, 11) is 1.65. The Morgan fingerprint density at radius 3 is 2.68 bits per heavy atom. The molecule has 4 rings (SSSR count). The average molecular weight is 425 g/mol. The molecule has 3 heterocycles. The highest BCUT2D eigenvalue weighted by Crippen LogP contribution is 2.29. The predicted molar refractivity (Wildman–Crippen MR) is 115 cm³/mol. The summed E-state index contributed by atoms with van der Waals surface area (Å²) in [5.74, 6) is 2.78. The van der Waals surface area contributed by atoms with Crippen molar-refractivity contribution in [2.45, 2.75) is 20.0 Å². The molecule has 0 spiro atoms. The second kappa shape index (κ2) is 9.70. The molecule has 1 aromatic carbocycles. The van der Waals surface area contributed by atoms with E-state index in [4.69, 9.17) is 13.9 Å². The Kier molecular flexibility index (Phi) is 6.57. The molecule has 1 aliphatic heterocycles. The number of amides is 1. The number of ether oxygens (including phenoxy) is 2. The third kappa shape index (κ3) is 5.08. The van der Waals surface area contributed by atoms with Crippen molar-refractivity contribution >= 4 is 5.91 Å². The monoisotopic (exact) mass is 424 g/mol. The normalized spacial score (nSPS) is 14.6. The van der Waals surface area contributed by atoms with Gasteiger partial charge >= 0.3 is 0 Å². The minimum absolute atomic E-state index is 0.0436. The Hall–Kier alpha value is -3.26. The van der Waals surface area contributed by atoms with E-state index in [1.54, 1.807) is 25.4 Å². The van der Waals surface area contributed by atoms with Gasteiger partial charge in [0.2, 0.25) is 0 Å². The summed E-state index contributed by atoms with van der Waals surface area (Å²) in [5.41, 5.74) is 1.15. The van der Waals surface area contributed by atoms with Crippen LogP contribution < -0.4 is 9.47 Å². The van der Waals surface area contributed by atoms with Crippen LogP contribution in [0.2, 0.25) is 0 Å². The lowest BCUT2D eigenvalue weighted by Crippen LogP contribution is -2.48. The molecule has 31 heavy (non-hydrogen) atoms. The first kappa shape index (κ1) is 21.0. The van der Waals surface area contributed by atoms with E-state index in [9.17, 15) is 4.79 Å². The summed E-state index contributed by atoms with van der Waals surface area (Å²) in [6.07, 6.45) is 5.27. The molecule has 8 nitrogen and oxygen atoms in total. The lowest BCUT2D eigenvalue weighted by Gasteiger charge is -2.34. The van der Waals surface area contributed by atoms with Crippen molar-refractivity contribution < 1.29 is 18.7 Å². The molecule has 3 aromatic rings. The maximum atomic E-state index is 12.4. The van der Waals surface area contributed by atoms with E-state index in [0.717, 1.165) is 49.1 Å². The number of hydrogen-bond donors (Lipinski definition) is 0. The van der Waals surface area contributed by atoms with E-state index in [-0.39, 0.29) is 5.91 Å². The Balaban J connectivity index is 1.32. The summed E-state index contributed by atoms with van der Waals surface area (Å²) in [6.45, 7) is 7.03. The highest BCUT2D eigenvalue weighted by Gasteiger charge is 2.23. The second-order valence-corrected chi connectivity index (χ2v) is 7.55. The molecule has 2 aromatic heterocycles. The van der Waals surface area contributed by atoms with E-state index < -0.39 is 0 Å². The van der Waals surface area contributed by atoms with Gasteiger partial charge in [0.05, 0.1) is 19.9 Å². The van der Waals surface area contributed by atoms with Gasteiger partial charge in [0.15, 0.2) is 17.3 Å². The van der Waals surface area contributed by atoms with Crippen LogP contribution in [0.4, 0.5) is 0 Å². The Bertz CT molecular complexity index is 991. The first-order chi connectivity index (χ1) is 15.1. The van der Waals surface area contributed by atoms with Crippen molar-refractivity contribution in [2.75, 3.05) is 39.9 Å². The zero-order chi connectivity index (χ0) is 21.6. The Morgan fingerprint density at radius 1 is 1.16 bits per heavy atom. The molecule has 1 amide bonds. The van der Waals surface area contributed by atoms with Gasteiger partial charge in [-0.1, -0.05) is 6.07 Å². The third-order valence-corrected chi connectivity index (χ3v) is 5.54. The summed E-state index contributed by atoms with van der Waals surface area (Å²) in [6, 6.07) is 9.50. The zero-order valence-corrected chi connectivity index (χ0v) is 18.0. The number of imidazole rings is 1. The maximum absolute atomic E-state index is 12.4. The molecule has 0 aliphatic carbocycles. The molecule has 0 atom stereocenters. The van der Waals surface area contributed by atoms with Gasteiger partial charge < -0.3 is 23.4 Å². The van der Waals surface area contributed by atoms with E-state index >= 15 is 0 Å². The SMILES string of the molecule is COc1ccc(CN2CCN(C(=O)c3ccco3)CC2)cc1OCCn1ccnc1C. The Labute approximate surface area is 182 Å². The maximum Gasteiger partial charge on any atom is 0.289 e. The fourth-order valence-corrected chi connectivity index (χ4v) is 3.75. The summed E-state index contributed by atoms with van der Waals surface area (Å²) < 4.78 is 18.8. The number of nitrogens with zero attached hydrogens (tertiary/aromatic N) is 4. The molecule has 8 heteroatoms. The molecule has 0 radical (unpaired) electrons. The number of piperazine rings is 1. The van der Waals surface area contributed by atoms with Gasteiger partial charge in [-0.3, -0.25) is 9.69 Å². The lowest BCUT2D eigenvalue weighted by atomic mass is 10.1. The van der Waals surface area contributed by atoms with Crippen molar-refractivity contribution in [1.29, 1.82) is 0 Å².